The molecule has 1 aliphatic carbocycles. The van der Waals surface area contributed by atoms with E-state index < -0.39 is 21.9 Å². The smallest absolute Gasteiger partial charge is 0.343 e. The molecule has 0 spiro atoms. The van der Waals surface area contributed by atoms with E-state index in [-0.39, 0.29) is 46.9 Å². The number of nitrogens with zero attached hydrogens (tertiary/aromatic N) is 3. The maximum absolute atomic E-state index is 13.3. The van der Waals surface area contributed by atoms with Crippen molar-refractivity contribution >= 4 is 40.1 Å². The number of likely N-dealkylation sites (tertiary alicyclic amines) is 1. The standard InChI is InChI=1S/C24H29ClN4O6/c1-4-24(9-6-10-27(24)13-26-14(3)30)19-18(29(33)34)11-16-21(20(19)25)28(15-7-8-15)12-17(22(16)31)23(32)35-5-2/h11-12,15H,4-10,13H2,1-3H3,(H,26,30). The van der Waals surface area contributed by atoms with E-state index >= 15 is 0 Å². The van der Waals surface area contributed by atoms with Crippen LogP contribution in [-0.2, 0) is 15.1 Å². The van der Waals surface area contributed by atoms with Crippen LogP contribution in [0, 0.1) is 10.1 Å². The summed E-state index contributed by atoms with van der Waals surface area (Å²) in [6.07, 6.45) is 5.07. The number of pyridine rings is 1. The van der Waals surface area contributed by atoms with Gasteiger partial charge in [-0.3, -0.25) is 24.6 Å². The average Bonchev–Trinajstić information content (AvgIpc) is 3.57. The van der Waals surface area contributed by atoms with Crippen LogP contribution in [0.5, 0.6) is 0 Å². The van der Waals surface area contributed by atoms with Crippen molar-refractivity contribution in [2.45, 2.75) is 64.5 Å². The summed E-state index contributed by atoms with van der Waals surface area (Å²) in [4.78, 5) is 51.3. The van der Waals surface area contributed by atoms with Gasteiger partial charge in [0.05, 0.1) is 45.2 Å². The molecule has 2 aromatic rings. The predicted molar refractivity (Wildman–Crippen MR) is 131 cm³/mol. The number of halogens is 1. The summed E-state index contributed by atoms with van der Waals surface area (Å²) in [5.41, 5.74) is -1.12. The number of rotatable bonds is 8. The number of carbonyl (C=O) groups is 2. The summed E-state index contributed by atoms with van der Waals surface area (Å²) in [6.45, 7) is 5.97. The summed E-state index contributed by atoms with van der Waals surface area (Å²) < 4.78 is 6.86. The molecule has 0 radical (unpaired) electrons. The number of esters is 1. The van der Waals surface area contributed by atoms with Gasteiger partial charge in [-0.25, -0.2) is 4.79 Å². The van der Waals surface area contributed by atoms with Gasteiger partial charge in [-0.2, -0.15) is 0 Å². The zero-order valence-electron chi connectivity index (χ0n) is 20.1. The van der Waals surface area contributed by atoms with E-state index in [1.165, 1.54) is 19.2 Å². The first-order valence-electron chi connectivity index (χ1n) is 11.9. The van der Waals surface area contributed by atoms with Gasteiger partial charge in [-0.05, 0) is 39.0 Å². The van der Waals surface area contributed by atoms with Gasteiger partial charge in [0.25, 0.3) is 5.69 Å². The van der Waals surface area contributed by atoms with Crippen molar-refractivity contribution in [1.29, 1.82) is 0 Å². The van der Waals surface area contributed by atoms with E-state index in [0.717, 1.165) is 19.3 Å². The summed E-state index contributed by atoms with van der Waals surface area (Å²) in [5.74, 6) is -0.964. The predicted octanol–water partition coefficient (Wildman–Crippen LogP) is 3.87. The Hall–Kier alpha value is -2.98. The fourth-order valence-corrected chi connectivity index (χ4v) is 5.74. The van der Waals surface area contributed by atoms with Crippen LogP contribution < -0.4 is 10.7 Å². The number of carbonyl (C=O) groups excluding carboxylic acids is 2. The molecule has 1 N–H and O–H groups in total. The maximum Gasteiger partial charge on any atom is 0.343 e. The number of hydrogen-bond donors (Lipinski definition) is 1. The van der Waals surface area contributed by atoms with Gasteiger partial charge in [-0.15, -0.1) is 0 Å². The molecule has 0 bridgehead atoms. The van der Waals surface area contributed by atoms with E-state index in [9.17, 15) is 24.5 Å². The lowest BCUT2D eigenvalue weighted by Gasteiger charge is -2.39. The van der Waals surface area contributed by atoms with E-state index in [1.807, 2.05) is 11.8 Å². The summed E-state index contributed by atoms with van der Waals surface area (Å²) in [6, 6.07) is 1.29. The van der Waals surface area contributed by atoms with Crippen molar-refractivity contribution in [1.82, 2.24) is 14.8 Å². The number of nitro groups is 1. The van der Waals surface area contributed by atoms with Gasteiger partial charge in [0.15, 0.2) is 0 Å². The van der Waals surface area contributed by atoms with Gasteiger partial charge in [0.2, 0.25) is 11.3 Å². The van der Waals surface area contributed by atoms with Crippen molar-refractivity contribution in [3.05, 3.63) is 48.8 Å². The van der Waals surface area contributed by atoms with Gasteiger partial charge in [0, 0.05) is 31.8 Å². The molecule has 35 heavy (non-hydrogen) atoms. The van der Waals surface area contributed by atoms with Crippen LogP contribution in [-0.4, -0.2) is 46.1 Å². The summed E-state index contributed by atoms with van der Waals surface area (Å²) in [7, 11) is 0. The number of benzene rings is 1. The second-order valence-electron chi connectivity index (χ2n) is 9.11. The van der Waals surface area contributed by atoms with E-state index in [1.54, 1.807) is 11.5 Å². The van der Waals surface area contributed by atoms with Gasteiger partial charge in [-0.1, -0.05) is 18.5 Å². The Bertz CT molecular complexity index is 1270. The molecule has 1 amide bonds. The number of nitrogens with one attached hydrogen (secondary N) is 1. The molecule has 2 fully saturated rings. The number of amides is 1. The molecule has 2 heterocycles. The molecular formula is C24H29ClN4O6. The molecular weight excluding hydrogens is 476 g/mol. The number of aromatic nitrogens is 1. The minimum Gasteiger partial charge on any atom is -0.462 e. The van der Waals surface area contributed by atoms with E-state index in [4.69, 9.17) is 16.3 Å². The third kappa shape index (κ3) is 4.29. The first-order chi connectivity index (χ1) is 16.7. The molecule has 11 heteroatoms. The Labute approximate surface area is 207 Å². The number of hydrogen-bond acceptors (Lipinski definition) is 7. The number of nitro benzene ring substituents is 1. The van der Waals surface area contributed by atoms with Crippen LogP contribution in [0.3, 0.4) is 0 Å². The van der Waals surface area contributed by atoms with Crippen molar-refractivity contribution in [2.75, 3.05) is 19.8 Å². The Balaban J connectivity index is 2.04. The fourth-order valence-electron chi connectivity index (χ4n) is 5.27. The van der Waals surface area contributed by atoms with Crippen LogP contribution in [0.15, 0.2) is 17.1 Å². The van der Waals surface area contributed by atoms with Gasteiger partial charge < -0.3 is 14.6 Å². The molecule has 1 unspecified atom stereocenters. The molecule has 1 saturated heterocycles. The molecule has 188 valence electrons. The van der Waals surface area contributed by atoms with Crippen LogP contribution in [0.2, 0.25) is 5.02 Å². The van der Waals surface area contributed by atoms with Crippen LogP contribution in [0.1, 0.15) is 74.8 Å². The zero-order valence-corrected chi connectivity index (χ0v) is 20.8. The first-order valence-corrected chi connectivity index (χ1v) is 12.3. The van der Waals surface area contributed by atoms with Crippen molar-refractivity contribution in [3.63, 3.8) is 0 Å². The normalized spacial score (nSPS) is 20.2. The summed E-state index contributed by atoms with van der Waals surface area (Å²) in [5, 5.41) is 15.3. The largest absolute Gasteiger partial charge is 0.462 e. The second kappa shape index (κ2) is 9.58. The fraction of sp³-hybridized carbons (Fsp3) is 0.542. The van der Waals surface area contributed by atoms with Crippen LogP contribution >= 0.6 is 11.6 Å². The minimum absolute atomic E-state index is 0.0283. The SMILES string of the molecule is CCOC(=O)c1cn(C2CC2)c2c(Cl)c(C3(CC)CCCN3CNC(C)=O)c([N+](=O)[O-])cc2c1=O. The molecule has 1 aromatic carbocycles. The van der Waals surface area contributed by atoms with E-state index in [2.05, 4.69) is 5.32 Å². The molecule has 2 aliphatic rings. The monoisotopic (exact) mass is 504 g/mol. The molecule has 1 atom stereocenters. The number of fused-ring (bicyclic) bond motifs is 1. The average molecular weight is 505 g/mol. The topological polar surface area (TPSA) is 124 Å². The van der Waals surface area contributed by atoms with Crippen molar-refractivity contribution < 1.29 is 19.2 Å². The Morgan fingerprint density at radius 3 is 2.63 bits per heavy atom. The Kier molecular flexibility index (Phi) is 6.88. The molecule has 10 nitrogen and oxygen atoms in total. The highest BCUT2D eigenvalue weighted by Crippen LogP contribution is 2.50. The number of ether oxygens (including phenoxy) is 1. The molecule has 1 saturated carbocycles. The lowest BCUT2D eigenvalue weighted by Crippen LogP contribution is -2.47. The highest BCUT2D eigenvalue weighted by atomic mass is 35.5. The Morgan fingerprint density at radius 1 is 1.34 bits per heavy atom. The lowest BCUT2D eigenvalue weighted by atomic mass is 9.82. The molecule has 1 aromatic heterocycles. The summed E-state index contributed by atoms with van der Waals surface area (Å²) >= 11 is 7.01. The lowest BCUT2D eigenvalue weighted by molar-refractivity contribution is -0.386. The quantitative estimate of drug-likeness (QED) is 0.328. The molecule has 4 rings (SSSR count). The highest BCUT2D eigenvalue weighted by Gasteiger charge is 2.47. The van der Waals surface area contributed by atoms with Crippen molar-refractivity contribution in [3.8, 4) is 0 Å². The molecule has 1 aliphatic heterocycles. The van der Waals surface area contributed by atoms with Gasteiger partial charge >= 0.3 is 5.97 Å². The van der Waals surface area contributed by atoms with E-state index in [0.29, 0.717) is 30.5 Å². The highest BCUT2D eigenvalue weighted by molar-refractivity contribution is 6.36. The zero-order chi connectivity index (χ0) is 25.5. The Morgan fingerprint density at radius 2 is 2.06 bits per heavy atom. The van der Waals surface area contributed by atoms with Crippen LogP contribution in [0.25, 0.3) is 10.9 Å². The third-order valence-electron chi connectivity index (χ3n) is 7.06. The maximum atomic E-state index is 13.3. The van der Waals surface area contributed by atoms with Gasteiger partial charge in [0.1, 0.15) is 5.56 Å². The third-order valence-corrected chi connectivity index (χ3v) is 7.43. The second-order valence-corrected chi connectivity index (χ2v) is 9.49. The van der Waals surface area contributed by atoms with Crippen LogP contribution in [0.4, 0.5) is 5.69 Å². The first kappa shape index (κ1) is 25.1. The minimum atomic E-state index is -0.791. The van der Waals surface area contributed by atoms with Crippen molar-refractivity contribution in [2.24, 2.45) is 0 Å².